The maximum absolute atomic E-state index is 2.42. The summed E-state index contributed by atoms with van der Waals surface area (Å²) in [6.07, 6.45) is 10.8. The van der Waals surface area contributed by atoms with E-state index < -0.39 is 0 Å². The van der Waals surface area contributed by atoms with Gasteiger partial charge in [0.25, 0.3) is 0 Å². The van der Waals surface area contributed by atoms with E-state index >= 15 is 0 Å². The van der Waals surface area contributed by atoms with E-state index in [1.54, 1.807) is 5.56 Å². The van der Waals surface area contributed by atoms with Crippen molar-refractivity contribution in [3.05, 3.63) is 59.7 Å². The first-order chi connectivity index (χ1) is 12.7. The molecule has 26 heavy (non-hydrogen) atoms. The van der Waals surface area contributed by atoms with Crippen molar-refractivity contribution in [3.63, 3.8) is 0 Å². The third kappa shape index (κ3) is 5.00. The smallest absolute Gasteiger partial charge is 0.0162 e. The van der Waals surface area contributed by atoms with Crippen LogP contribution in [0.4, 0.5) is 0 Å². The van der Waals surface area contributed by atoms with E-state index in [2.05, 4.69) is 69.3 Å². The lowest BCUT2D eigenvalue weighted by Crippen LogP contribution is -2.15. The molecule has 0 aliphatic heterocycles. The Bertz CT molecular complexity index is 641. The molecule has 0 radical (unpaired) electrons. The SMILES string of the molecule is CCCc1ccc(-c2ccc(C3CCC(CC(C)CC)CC3)cc2)cc1. The molecule has 0 heterocycles. The van der Waals surface area contributed by atoms with E-state index in [1.165, 1.54) is 68.1 Å². The van der Waals surface area contributed by atoms with E-state index in [9.17, 15) is 0 Å². The van der Waals surface area contributed by atoms with Gasteiger partial charge >= 0.3 is 0 Å². The van der Waals surface area contributed by atoms with Crippen LogP contribution in [0.5, 0.6) is 0 Å². The molecule has 0 spiro atoms. The van der Waals surface area contributed by atoms with E-state index in [1.807, 2.05) is 0 Å². The second-order valence-electron chi connectivity index (χ2n) is 8.54. The first-order valence-electron chi connectivity index (χ1n) is 10.9. The van der Waals surface area contributed by atoms with E-state index in [0.717, 1.165) is 17.8 Å². The quantitative estimate of drug-likeness (QED) is 0.475. The Morgan fingerprint density at radius 3 is 1.92 bits per heavy atom. The van der Waals surface area contributed by atoms with Gasteiger partial charge in [-0.3, -0.25) is 0 Å². The molecule has 0 N–H and O–H groups in total. The highest BCUT2D eigenvalue weighted by atomic mass is 14.3. The summed E-state index contributed by atoms with van der Waals surface area (Å²) in [5.74, 6) is 2.66. The van der Waals surface area contributed by atoms with Crippen LogP contribution in [0.1, 0.15) is 82.8 Å². The van der Waals surface area contributed by atoms with Gasteiger partial charge in [0.1, 0.15) is 0 Å². The standard InChI is InChI=1S/C26H36/c1-4-6-21-7-11-23(12-8-21)25-15-17-26(18-16-25)24-13-9-22(10-14-24)19-20(3)5-2/h7-8,11-12,15-18,20,22,24H,4-6,9-10,13-14,19H2,1-3H3. The minimum absolute atomic E-state index is 0.782. The normalized spacial score (nSPS) is 21.5. The zero-order valence-electron chi connectivity index (χ0n) is 17.0. The van der Waals surface area contributed by atoms with Gasteiger partial charge in [-0.25, -0.2) is 0 Å². The number of hydrogen-bond acceptors (Lipinski definition) is 0. The lowest BCUT2D eigenvalue weighted by Gasteiger charge is -2.30. The largest absolute Gasteiger partial charge is 0.0651 e. The van der Waals surface area contributed by atoms with Crippen LogP contribution < -0.4 is 0 Å². The molecule has 0 amide bonds. The van der Waals surface area contributed by atoms with E-state index in [4.69, 9.17) is 0 Å². The molecule has 1 saturated carbocycles. The topological polar surface area (TPSA) is 0 Å². The van der Waals surface area contributed by atoms with Gasteiger partial charge in [-0.1, -0.05) is 82.1 Å². The Morgan fingerprint density at radius 1 is 0.808 bits per heavy atom. The van der Waals surface area contributed by atoms with Crippen LogP contribution in [0.15, 0.2) is 48.5 Å². The Labute approximate surface area is 161 Å². The van der Waals surface area contributed by atoms with Crippen LogP contribution in [-0.2, 0) is 6.42 Å². The molecular formula is C26H36. The van der Waals surface area contributed by atoms with Crippen LogP contribution in [0, 0.1) is 11.8 Å². The van der Waals surface area contributed by atoms with Gasteiger partial charge in [0.05, 0.1) is 0 Å². The summed E-state index contributed by atoms with van der Waals surface area (Å²) in [5.41, 5.74) is 5.69. The maximum atomic E-state index is 2.42. The molecule has 140 valence electrons. The minimum Gasteiger partial charge on any atom is -0.0651 e. The third-order valence-corrected chi connectivity index (χ3v) is 6.49. The highest BCUT2D eigenvalue weighted by Crippen LogP contribution is 2.39. The number of hydrogen-bond donors (Lipinski definition) is 0. The molecule has 2 aromatic carbocycles. The summed E-state index contributed by atoms with van der Waals surface area (Å²) in [6.45, 7) is 6.99. The first-order valence-corrected chi connectivity index (χ1v) is 10.9. The fourth-order valence-electron chi connectivity index (χ4n) is 4.57. The van der Waals surface area contributed by atoms with Crippen molar-refractivity contribution in [3.8, 4) is 11.1 Å². The molecule has 1 aliphatic rings. The fourth-order valence-corrected chi connectivity index (χ4v) is 4.57. The highest BCUT2D eigenvalue weighted by molar-refractivity contribution is 5.64. The summed E-state index contributed by atoms with van der Waals surface area (Å²) < 4.78 is 0. The van der Waals surface area contributed by atoms with Crippen LogP contribution >= 0.6 is 0 Å². The summed E-state index contributed by atoms with van der Waals surface area (Å²) >= 11 is 0. The van der Waals surface area contributed by atoms with Crippen LogP contribution in [0.3, 0.4) is 0 Å². The average Bonchev–Trinajstić information content (AvgIpc) is 2.69. The number of aryl methyl sites for hydroxylation is 1. The molecule has 0 heteroatoms. The van der Waals surface area contributed by atoms with Crippen molar-refractivity contribution in [1.82, 2.24) is 0 Å². The van der Waals surface area contributed by atoms with Crippen molar-refractivity contribution in [1.29, 1.82) is 0 Å². The van der Waals surface area contributed by atoms with Gasteiger partial charge in [0, 0.05) is 0 Å². The van der Waals surface area contributed by atoms with Crippen molar-refractivity contribution in [2.75, 3.05) is 0 Å². The molecule has 1 unspecified atom stereocenters. The van der Waals surface area contributed by atoms with E-state index in [0.29, 0.717) is 0 Å². The lowest BCUT2D eigenvalue weighted by atomic mass is 9.75. The number of rotatable bonds is 7. The Morgan fingerprint density at radius 2 is 1.38 bits per heavy atom. The van der Waals surface area contributed by atoms with Gasteiger partial charge in [0.2, 0.25) is 0 Å². The molecule has 0 bridgehead atoms. The highest BCUT2D eigenvalue weighted by Gasteiger charge is 2.23. The predicted octanol–water partition coefficient (Wildman–Crippen LogP) is 8.02. The Hall–Kier alpha value is -1.56. The summed E-state index contributed by atoms with van der Waals surface area (Å²) in [5, 5.41) is 0. The molecule has 0 aromatic heterocycles. The Balaban J connectivity index is 1.58. The summed E-state index contributed by atoms with van der Waals surface area (Å²) in [6, 6.07) is 18.5. The average molecular weight is 349 g/mol. The number of benzene rings is 2. The zero-order chi connectivity index (χ0) is 18.4. The second kappa shape index (κ2) is 9.40. The molecule has 1 atom stereocenters. The summed E-state index contributed by atoms with van der Waals surface area (Å²) in [7, 11) is 0. The maximum Gasteiger partial charge on any atom is -0.0162 e. The molecule has 1 fully saturated rings. The molecular weight excluding hydrogens is 312 g/mol. The van der Waals surface area contributed by atoms with E-state index in [-0.39, 0.29) is 0 Å². The molecule has 0 saturated heterocycles. The van der Waals surface area contributed by atoms with Gasteiger partial charge < -0.3 is 0 Å². The predicted molar refractivity (Wildman–Crippen MR) is 115 cm³/mol. The van der Waals surface area contributed by atoms with Crippen molar-refractivity contribution in [2.24, 2.45) is 11.8 Å². The lowest BCUT2D eigenvalue weighted by molar-refractivity contribution is 0.273. The molecule has 0 nitrogen and oxygen atoms in total. The van der Waals surface area contributed by atoms with Crippen LogP contribution in [0.2, 0.25) is 0 Å². The Kier molecular flexibility index (Phi) is 6.94. The van der Waals surface area contributed by atoms with Gasteiger partial charge in [0.15, 0.2) is 0 Å². The first kappa shape index (κ1) is 19.2. The summed E-state index contributed by atoms with van der Waals surface area (Å²) in [4.78, 5) is 0. The molecule has 3 rings (SSSR count). The van der Waals surface area contributed by atoms with Crippen molar-refractivity contribution < 1.29 is 0 Å². The minimum atomic E-state index is 0.782. The van der Waals surface area contributed by atoms with Crippen molar-refractivity contribution >= 4 is 0 Å². The van der Waals surface area contributed by atoms with Crippen molar-refractivity contribution in [2.45, 2.75) is 78.1 Å². The zero-order valence-corrected chi connectivity index (χ0v) is 17.0. The molecule has 2 aromatic rings. The second-order valence-corrected chi connectivity index (χ2v) is 8.54. The van der Waals surface area contributed by atoms with Crippen LogP contribution in [-0.4, -0.2) is 0 Å². The van der Waals surface area contributed by atoms with Gasteiger partial charge in [-0.15, -0.1) is 0 Å². The third-order valence-electron chi connectivity index (χ3n) is 6.49. The van der Waals surface area contributed by atoms with Crippen LogP contribution in [0.25, 0.3) is 11.1 Å². The fraction of sp³-hybridized carbons (Fsp3) is 0.538. The monoisotopic (exact) mass is 348 g/mol. The van der Waals surface area contributed by atoms with Gasteiger partial charge in [-0.05, 0) is 78.5 Å². The molecule has 1 aliphatic carbocycles. The van der Waals surface area contributed by atoms with Gasteiger partial charge in [-0.2, -0.15) is 0 Å².